The van der Waals surface area contributed by atoms with Gasteiger partial charge in [-0.25, -0.2) is 4.79 Å². The fourth-order valence-electron chi connectivity index (χ4n) is 6.74. The molecule has 51 heavy (non-hydrogen) atoms. The number of unbranched alkanes of at least 4 members (excludes halogenated alkanes) is 4. The van der Waals surface area contributed by atoms with E-state index < -0.39 is 6.04 Å². The van der Waals surface area contributed by atoms with Crippen LogP contribution in [0.15, 0.2) is 78.9 Å². The molecule has 0 spiro atoms. The largest absolute Gasteiger partial charge is 0.496 e. The molecule has 1 fully saturated rings. The highest BCUT2D eigenvalue weighted by atomic mass is 35.5. The van der Waals surface area contributed by atoms with E-state index in [2.05, 4.69) is 24.1 Å². The van der Waals surface area contributed by atoms with E-state index in [4.69, 9.17) is 16.3 Å². The lowest BCUT2D eigenvalue weighted by molar-refractivity contribution is -0.139. The molecule has 1 saturated heterocycles. The number of urea groups is 1. The molecule has 0 unspecified atom stereocenters. The Morgan fingerprint density at radius 2 is 1.53 bits per heavy atom. The number of hydrogen-bond acceptors (Lipinski definition) is 5. The van der Waals surface area contributed by atoms with E-state index in [0.29, 0.717) is 42.5 Å². The molecule has 4 rings (SSSR count). The fraction of sp³-hybridized carbons (Fsp3) is 0.488. The number of carbonyl (C=O) groups excluding carboxylic acids is 3. The third-order valence-electron chi connectivity index (χ3n) is 9.57. The van der Waals surface area contributed by atoms with Gasteiger partial charge in [-0.05, 0) is 69.1 Å². The Balaban J connectivity index is 1.56. The van der Waals surface area contributed by atoms with Gasteiger partial charge in [0.15, 0.2) is 0 Å². The molecule has 9 nitrogen and oxygen atoms in total. The van der Waals surface area contributed by atoms with Gasteiger partial charge in [-0.15, -0.1) is 0 Å². The molecule has 0 aliphatic carbocycles. The van der Waals surface area contributed by atoms with E-state index in [0.717, 1.165) is 62.9 Å². The minimum absolute atomic E-state index is 0.0957. The van der Waals surface area contributed by atoms with Gasteiger partial charge in [0, 0.05) is 55.8 Å². The number of methoxy groups -OCH3 is 1. The monoisotopic (exact) mass is 717 g/mol. The first-order chi connectivity index (χ1) is 24.8. The van der Waals surface area contributed by atoms with Crippen LogP contribution in [-0.2, 0) is 16.1 Å². The van der Waals surface area contributed by atoms with Gasteiger partial charge in [0.05, 0.1) is 18.5 Å². The maximum atomic E-state index is 14.6. The van der Waals surface area contributed by atoms with Gasteiger partial charge >= 0.3 is 6.03 Å². The molecule has 0 radical (unpaired) electrons. The van der Waals surface area contributed by atoms with Crippen LogP contribution < -0.4 is 15.0 Å². The number of benzene rings is 3. The summed E-state index contributed by atoms with van der Waals surface area (Å²) in [4.78, 5) is 50.3. The van der Waals surface area contributed by atoms with Crippen molar-refractivity contribution in [3.8, 4) is 5.75 Å². The average molecular weight is 718 g/mol. The number of ether oxygens (including phenoxy) is 1. The molecular formula is C41H56ClN5O4. The van der Waals surface area contributed by atoms with E-state index in [-0.39, 0.29) is 36.7 Å². The molecule has 0 saturated carbocycles. The maximum absolute atomic E-state index is 14.6. The zero-order chi connectivity index (χ0) is 36.6. The lowest BCUT2D eigenvalue weighted by Crippen LogP contribution is -2.58. The highest BCUT2D eigenvalue weighted by molar-refractivity contribution is 6.31. The van der Waals surface area contributed by atoms with Crippen molar-refractivity contribution in [1.29, 1.82) is 0 Å². The Labute approximate surface area is 309 Å². The second-order valence-corrected chi connectivity index (χ2v) is 13.9. The highest BCUT2D eigenvalue weighted by Gasteiger charge is 2.41. The number of anilines is 2. The molecule has 3 aromatic carbocycles. The summed E-state index contributed by atoms with van der Waals surface area (Å²) in [5.41, 5.74) is 2.33. The Morgan fingerprint density at radius 3 is 2.20 bits per heavy atom. The SMILES string of the molecule is CCCCCN(CCCCC)C(=O)[C@H]1CCN(C(=O)N(c2ccccc2)c2cccc(Cl)c2)[C@H](C(=O)NCCN(C)Cc2ccccc2OC)C1. The van der Waals surface area contributed by atoms with Crippen molar-refractivity contribution in [1.82, 2.24) is 20.0 Å². The van der Waals surface area contributed by atoms with Crippen LogP contribution in [0.25, 0.3) is 0 Å². The summed E-state index contributed by atoms with van der Waals surface area (Å²) in [6.07, 6.45) is 6.99. The number of carbonyl (C=O) groups is 3. The van der Waals surface area contributed by atoms with Crippen molar-refractivity contribution < 1.29 is 19.1 Å². The Kier molecular flexibility index (Phi) is 16.1. The standard InChI is InChI=1S/C41H56ClN5O4/c1-5-7-14-25-45(26-15-8-6-2)40(49)32-23-27-46(41(50)47(35-19-10-9-11-20-35)36-21-16-18-34(42)30-36)37(29-32)39(48)43-24-28-44(3)31-33-17-12-13-22-38(33)51-4/h9-13,16-22,30,32,37H,5-8,14-15,23-29,31H2,1-4H3,(H,43,48)/t32-,37-/m0/s1. The molecule has 0 aromatic heterocycles. The highest BCUT2D eigenvalue weighted by Crippen LogP contribution is 2.33. The summed E-state index contributed by atoms with van der Waals surface area (Å²) < 4.78 is 5.52. The second-order valence-electron chi connectivity index (χ2n) is 13.4. The van der Waals surface area contributed by atoms with Gasteiger partial charge in [0.2, 0.25) is 11.8 Å². The third-order valence-corrected chi connectivity index (χ3v) is 9.81. The molecule has 3 aromatic rings. The van der Waals surface area contributed by atoms with Gasteiger partial charge in [-0.3, -0.25) is 14.5 Å². The summed E-state index contributed by atoms with van der Waals surface area (Å²) in [5.74, 6) is 0.312. The number of para-hydroxylation sites is 2. The number of nitrogens with zero attached hydrogens (tertiary/aromatic N) is 4. The van der Waals surface area contributed by atoms with Crippen LogP contribution in [0.3, 0.4) is 0 Å². The second kappa shape index (κ2) is 20.7. The Bertz CT molecular complexity index is 1530. The molecule has 2 atom stereocenters. The number of rotatable bonds is 18. The van der Waals surface area contributed by atoms with Crippen LogP contribution in [0.1, 0.15) is 70.8 Å². The summed E-state index contributed by atoms with van der Waals surface area (Å²) in [7, 11) is 3.66. The molecule has 276 valence electrons. The number of likely N-dealkylation sites (N-methyl/N-ethyl adjacent to an activating group) is 1. The van der Waals surface area contributed by atoms with Crippen LogP contribution in [0, 0.1) is 5.92 Å². The van der Waals surface area contributed by atoms with Gasteiger partial charge in [0.1, 0.15) is 11.8 Å². The van der Waals surface area contributed by atoms with Crippen LogP contribution in [0.4, 0.5) is 16.2 Å². The average Bonchev–Trinajstić information content (AvgIpc) is 3.14. The van der Waals surface area contributed by atoms with E-state index >= 15 is 0 Å². The molecular weight excluding hydrogens is 662 g/mol. The molecule has 1 N–H and O–H groups in total. The number of amides is 4. The van der Waals surface area contributed by atoms with Crippen molar-refractivity contribution in [2.24, 2.45) is 5.92 Å². The zero-order valence-corrected chi connectivity index (χ0v) is 31.6. The minimum atomic E-state index is -0.821. The first-order valence-corrected chi connectivity index (χ1v) is 18.9. The lowest BCUT2D eigenvalue weighted by Gasteiger charge is -2.41. The topological polar surface area (TPSA) is 85.4 Å². The van der Waals surface area contributed by atoms with Gasteiger partial charge < -0.3 is 24.8 Å². The molecule has 1 heterocycles. The van der Waals surface area contributed by atoms with Crippen molar-refractivity contribution >= 4 is 40.8 Å². The number of likely N-dealkylation sites (tertiary alicyclic amines) is 1. The summed E-state index contributed by atoms with van der Waals surface area (Å²) in [6, 6.07) is 23.3. The molecule has 4 amide bonds. The van der Waals surface area contributed by atoms with Crippen LogP contribution in [0.5, 0.6) is 5.75 Å². The lowest BCUT2D eigenvalue weighted by atomic mass is 9.88. The Morgan fingerprint density at radius 1 is 0.863 bits per heavy atom. The van der Waals surface area contributed by atoms with Gasteiger partial charge in [-0.1, -0.05) is 93.6 Å². The quantitative estimate of drug-likeness (QED) is 0.134. The van der Waals surface area contributed by atoms with Crippen molar-refractivity contribution in [2.45, 2.75) is 77.8 Å². The molecule has 1 aliphatic rings. The first kappa shape index (κ1) is 39.7. The maximum Gasteiger partial charge on any atom is 0.329 e. The number of halogens is 1. The summed E-state index contributed by atoms with van der Waals surface area (Å²) in [5, 5.41) is 3.62. The number of nitrogens with one attached hydrogen (secondary N) is 1. The van der Waals surface area contributed by atoms with Crippen LogP contribution in [0.2, 0.25) is 5.02 Å². The summed E-state index contributed by atoms with van der Waals surface area (Å²) in [6.45, 7) is 7.69. The predicted octanol–water partition coefficient (Wildman–Crippen LogP) is 8.14. The van der Waals surface area contributed by atoms with Crippen molar-refractivity contribution in [3.63, 3.8) is 0 Å². The smallest absolute Gasteiger partial charge is 0.329 e. The van der Waals surface area contributed by atoms with Gasteiger partial charge in [0.25, 0.3) is 0 Å². The van der Waals surface area contributed by atoms with Gasteiger partial charge in [-0.2, -0.15) is 0 Å². The van der Waals surface area contributed by atoms with Crippen LogP contribution >= 0.6 is 11.6 Å². The van der Waals surface area contributed by atoms with E-state index in [9.17, 15) is 14.4 Å². The predicted molar refractivity (Wildman–Crippen MR) is 207 cm³/mol. The van der Waals surface area contributed by atoms with Crippen molar-refractivity contribution in [2.75, 3.05) is 51.8 Å². The van der Waals surface area contributed by atoms with E-state index in [1.165, 1.54) is 0 Å². The van der Waals surface area contributed by atoms with E-state index in [1.807, 2.05) is 78.7 Å². The number of piperidine rings is 1. The third kappa shape index (κ3) is 11.5. The van der Waals surface area contributed by atoms with Crippen LogP contribution in [-0.4, -0.2) is 85.5 Å². The van der Waals surface area contributed by atoms with Crippen molar-refractivity contribution in [3.05, 3.63) is 89.4 Å². The fourth-order valence-corrected chi connectivity index (χ4v) is 6.93. The number of hydrogen-bond donors (Lipinski definition) is 1. The van der Waals surface area contributed by atoms with E-state index in [1.54, 1.807) is 29.0 Å². The normalized spacial score (nSPS) is 15.8. The first-order valence-electron chi connectivity index (χ1n) is 18.6. The minimum Gasteiger partial charge on any atom is -0.496 e. The zero-order valence-electron chi connectivity index (χ0n) is 30.9. The Hall–Kier alpha value is -4.08. The molecule has 0 bridgehead atoms. The summed E-state index contributed by atoms with van der Waals surface area (Å²) >= 11 is 6.40. The molecule has 1 aliphatic heterocycles. The molecule has 10 heteroatoms.